The Morgan fingerprint density at radius 3 is 2.64 bits per heavy atom. The third kappa shape index (κ3) is 4.75. The molecule has 6 nitrogen and oxygen atoms in total. The summed E-state index contributed by atoms with van der Waals surface area (Å²) in [6, 6.07) is 8.89. The second-order valence-corrected chi connectivity index (χ2v) is 6.75. The highest BCUT2D eigenvalue weighted by Crippen LogP contribution is 2.19. The molecule has 1 unspecified atom stereocenters. The van der Waals surface area contributed by atoms with Gasteiger partial charge in [-0.2, -0.15) is 0 Å². The van der Waals surface area contributed by atoms with E-state index in [9.17, 15) is 5.11 Å². The van der Waals surface area contributed by atoms with E-state index in [1.54, 1.807) is 12.4 Å². The van der Waals surface area contributed by atoms with Crippen molar-refractivity contribution in [3.8, 4) is 0 Å². The van der Waals surface area contributed by atoms with Crippen LogP contribution in [0.3, 0.4) is 0 Å². The maximum absolute atomic E-state index is 9.48. The number of hydrogen-bond acceptors (Lipinski definition) is 6. The van der Waals surface area contributed by atoms with E-state index < -0.39 is 0 Å². The SMILES string of the molecule is Cc1ccccc1CN1CCN(Cc2cnc(N)nc2)CC1CCO. The molecule has 2 heterocycles. The zero-order valence-corrected chi connectivity index (χ0v) is 14.8. The number of nitrogens with two attached hydrogens (primary N) is 1. The van der Waals surface area contributed by atoms with Crippen molar-refractivity contribution in [3.63, 3.8) is 0 Å². The van der Waals surface area contributed by atoms with Crippen LogP contribution in [0.25, 0.3) is 0 Å². The lowest BCUT2D eigenvalue weighted by atomic mass is 10.0. The summed E-state index contributed by atoms with van der Waals surface area (Å²) in [4.78, 5) is 13.0. The minimum Gasteiger partial charge on any atom is -0.396 e. The molecule has 1 aromatic heterocycles. The molecule has 1 atom stereocenters. The van der Waals surface area contributed by atoms with Crippen molar-refractivity contribution in [2.75, 3.05) is 32.0 Å². The summed E-state index contributed by atoms with van der Waals surface area (Å²) >= 11 is 0. The molecule has 1 aliphatic rings. The lowest BCUT2D eigenvalue weighted by Crippen LogP contribution is -2.52. The molecule has 0 radical (unpaired) electrons. The zero-order chi connectivity index (χ0) is 17.6. The molecular weight excluding hydrogens is 314 g/mol. The predicted molar refractivity (Wildman–Crippen MR) is 98.8 cm³/mol. The molecule has 2 aromatic rings. The van der Waals surface area contributed by atoms with Gasteiger partial charge in [0.1, 0.15) is 0 Å². The summed E-state index contributed by atoms with van der Waals surface area (Å²) < 4.78 is 0. The van der Waals surface area contributed by atoms with Crippen LogP contribution >= 0.6 is 0 Å². The van der Waals surface area contributed by atoms with Gasteiger partial charge < -0.3 is 10.8 Å². The summed E-state index contributed by atoms with van der Waals surface area (Å²) in [6.07, 6.45) is 4.38. The standard InChI is InChI=1S/C19H27N5O/c1-15-4-2-3-5-17(15)13-24-8-7-23(14-18(24)6-9-25)12-16-10-21-19(20)22-11-16/h2-5,10-11,18,25H,6-9,12-14H2,1H3,(H2,20,21,22). The topological polar surface area (TPSA) is 78.5 Å². The van der Waals surface area contributed by atoms with Crippen molar-refractivity contribution in [2.24, 2.45) is 0 Å². The quantitative estimate of drug-likeness (QED) is 0.828. The number of benzene rings is 1. The first-order chi connectivity index (χ1) is 12.2. The average Bonchev–Trinajstić information content (AvgIpc) is 2.61. The molecule has 25 heavy (non-hydrogen) atoms. The Kier molecular flexibility index (Phi) is 5.96. The third-order valence-corrected chi connectivity index (χ3v) is 4.92. The molecule has 0 spiro atoms. The van der Waals surface area contributed by atoms with Crippen molar-refractivity contribution < 1.29 is 5.11 Å². The van der Waals surface area contributed by atoms with Gasteiger partial charge in [0.2, 0.25) is 5.95 Å². The first-order valence-corrected chi connectivity index (χ1v) is 8.84. The molecular formula is C19H27N5O. The van der Waals surface area contributed by atoms with Gasteiger partial charge in [-0.25, -0.2) is 9.97 Å². The second-order valence-electron chi connectivity index (χ2n) is 6.75. The van der Waals surface area contributed by atoms with Gasteiger partial charge in [-0.1, -0.05) is 24.3 Å². The smallest absolute Gasteiger partial charge is 0.219 e. The molecule has 3 rings (SSSR count). The van der Waals surface area contributed by atoms with Crippen LogP contribution < -0.4 is 5.73 Å². The molecule has 1 aromatic carbocycles. The van der Waals surface area contributed by atoms with Gasteiger partial charge in [0.15, 0.2) is 0 Å². The Labute approximate surface area is 149 Å². The van der Waals surface area contributed by atoms with Crippen LogP contribution in [0, 0.1) is 6.92 Å². The summed E-state index contributed by atoms with van der Waals surface area (Å²) in [7, 11) is 0. The molecule has 3 N–H and O–H groups in total. The Morgan fingerprint density at radius 2 is 1.92 bits per heavy atom. The molecule has 6 heteroatoms. The van der Waals surface area contributed by atoms with E-state index >= 15 is 0 Å². The molecule has 0 aliphatic carbocycles. The van der Waals surface area contributed by atoms with E-state index in [0.717, 1.165) is 44.7 Å². The second kappa shape index (κ2) is 8.38. The first-order valence-electron chi connectivity index (χ1n) is 8.84. The van der Waals surface area contributed by atoms with Crippen LogP contribution in [0.5, 0.6) is 0 Å². The molecule has 1 aliphatic heterocycles. The van der Waals surface area contributed by atoms with Crippen LogP contribution in [0.2, 0.25) is 0 Å². The number of hydrogen-bond donors (Lipinski definition) is 2. The molecule has 0 saturated carbocycles. The maximum atomic E-state index is 9.48. The molecule has 134 valence electrons. The van der Waals surface area contributed by atoms with Gasteiger partial charge in [0, 0.05) is 63.3 Å². The van der Waals surface area contributed by atoms with Gasteiger partial charge in [-0.3, -0.25) is 9.80 Å². The third-order valence-electron chi connectivity index (χ3n) is 4.92. The highest BCUT2D eigenvalue weighted by Gasteiger charge is 2.27. The molecule has 1 saturated heterocycles. The minimum absolute atomic E-state index is 0.216. The fraction of sp³-hybridized carbons (Fsp3) is 0.474. The lowest BCUT2D eigenvalue weighted by molar-refractivity contribution is 0.0498. The maximum Gasteiger partial charge on any atom is 0.219 e. The van der Waals surface area contributed by atoms with Crippen molar-refractivity contribution in [1.82, 2.24) is 19.8 Å². The van der Waals surface area contributed by atoms with E-state index in [-0.39, 0.29) is 6.61 Å². The largest absolute Gasteiger partial charge is 0.396 e. The fourth-order valence-electron chi connectivity index (χ4n) is 3.44. The monoisotopic (exact) mass is 341 g/mol. The highest BCUT2D eigenvalue weighted by atomic mass is 16.3. The van der Waals surface area contributed by atoms with Crippen molar-refractivity contribution in [3.05, 3.63) is 53.3 Å². The van der Waals surface area contributed by atoms with Crippen molar-refractivity contribution in [1.29, 1.82) is 0 Å². The van der Waals surface area contributed by atoms with E-state index in [1.807, 2.05) is 0 Å². The van der Waals surface area contributed by atoms with Crippen molar-refractivity contribution in [2.45, 2.75) is 32.5 Å². The summed E-state index contributed by atoms with van der Waals surface area (Å²) in [5.74, 6) is 0.310. The van der Waals surface area contributed by atoms with Gasteiger partial charge in [-0.05, 0) is 24.5 Å². The van der Waals surface area contributed by atoms with Crippen LogP contribution in [-0.2, 0) is 13.1 Å². The van der Waals surface area contributed by atoms with E-state index in [0.29, 0.717) is 12.0 Å². The lowest BCUT2D eigenvalue weighted by Gasteiger charge is -2.41. The minimum atomic E-state index is 0.216. The van der Waals surface area contributed by atoms with Gasteiger partial charge in [-0.15, -0.1) is 0 Å². The van der Waals surface area contributed by atoms with Crippen molar-refractivity contribution >= 4 is 5.95 Å². The Hall–Kier alpha value is -2.02. The number of anilines is 1. The summed E-state index contributed by atoms with van der Waals surface area (Å²) in [5.41, 5.74) is 9.32. The number of aromatic nitrogens is 2. The average molecular weight is 341 g/mol. The Bertz CT molecular complexity index is 676. The number of aryl methyl sites for hydroxylation is 1. The Balaban J connectivity index is 1.63. The normalized spacial score (nSPS) is 19.2. The molecule has 1 fully saturated rings. The fourth-order valence-corrected chi connectivity index (χ4v) is 3.44. The number of nitrogens with zero attached hydrogens (tertiary/aromatic N) is 4. The zero-order valence-electron chi connectivity index (χ0n) is 14.8. The van der Waals surface area contributed by atoms with E-state index in [4.69, 9.17) is 5.73 Å². The van der Waals surface area contributed by atoms with E-state index in [1.165, 1.54) is 11.1 Å². The van der Waals surface area contributed by atoms with Gasteiger partial charge in [0.25, 0.3) is 0 Å². The van der Waals surface area contributed by atoms with Gasteiger partial charge in [0.05, 0.1) is 0 Å². The van der Waals surface area contributed by atoms with Crippen LogP contribution in [-0.4, -0.2) is 57.2 Å². The molecule has 0 amide bonds. The number of nitrogen functional groups attached to an aromatic ring is 1. The Morgan fingerprint density at radius 1 is 1.16 bits per heavy atom. The number of aliphatic hydroxyl groups is 1. The van der Waals surface area contributed by atoms with Crippen LogP contribution in [0.4, 0.5) is 5.95 Å². The first kappa shape index (κ1) is 17.8. The summed E-state index contributed by atoms with van der Waals surface area (Å²) in [5, 5.41) is 9.48. The predicted octanol–water partition coefficient (Wildman–Crippen LogP) is 1.44. The molecule has 0 bridgehead atoms. The number of piperazine rings is 1. The van der Waals surface area contributed by atoms with Gasteiger partial charge >= 0.3 is 0 Å². The number of aliphatic hydroxyl groups excluding tert-OH is 1. The van der Waals surface area contributed by atoms with E-state index in [2.05, 4.69) is 51.0 Å². The van der Waals surface area contributed by atoms with Crippen LogP contribution in [0.1, 0.15) is 23.1 Å². The van der Waals surface area contributed by atoms with Crippen LogP contribution in [0.15, 0.2) is 36.7 Å². The number of rotatable bonds is 6. The highest BCUT2D eigenvalue weighted by molar-refractivity contribution is 5.25. The summed E-state index contributed by atoms with van der Waals surface area (Å²) in [6.45, 7) is 7.07.